The lowest BCUT2D eigenvalue weighted by atomic mass is 9.96. The van der Waals surface area contributed by atoms with Crippen LogP contribution in [0.4, 0.5) is 13.2 Å². The fourth-order valence-corrected chi connectivity index (χ4v) is 2.97. The minimum Gasteiger partial charge on any atom is -0.277 e. The summed E-state index contributed by atoms with van der Waals surface area (Å²) in [6, 6.07) is 18.4. The highest BCUT2D eigenvalue weighted by Gasteiger charge is 2.30. The van der Waals surface area contributed by atoms with Crippen LogP contribution >= 0.6 is 0 Å². The van der Waals surface area contributed by atoms with Crippen LogP contribution in [0.25, 0.3) is 33.6 Å². The summed E-state index contributed by atoms with van der Waals surface area (Å²) in [6.07, 6.45) is -0.982. The summed E-state index contributed by atoms with van der Waals surface area (Å²) >= 11 is 0. The highest BCUT2D eigenvalue weighted by molar-refractivity contribution is 5.91. The van der Waals surface area contributed by atoms with Gasteiger partial charge in [-0.1, -0.05) is 42.5 Å². The van der Waals surface area contributed by atoms with E-state index in [1.807, 2.05) is 42.5 Å². The summed E-state index contributed by atoms with van der Waals surface area (Å²) in [6.45, 7) is 0. The number of H-pyrrole nitrogens is 1. The van der Waals surface area contributed by atoms with Crippen LogP contribution in [0.15, 0.2) is 79.1 Å². The van der Waals surface area contributed by atoms with E-state index >= 15 is 0 Å². The normalized spacial score (nSPS) is 11.5. The maximum absolute atomic E-state index is 12.9. The molecule has 3 nitrogen and oxygen atoms in total. The topological polar surface area (TPSA) is 41.6 Å². The Hall–Kier alpha value is -3.41. The molecule has 6 heteroatoms. The van der Waals surface area contributed by atoms with E-state index < -0.39 is 11.7 Å². The second-order valence-electron chi connectivity index (χ2n) is 6.01. The number of pyridine rings is 1. The maximum atomic E-state index is 12.9. The molecule has 0 amide bonds. The first-order chi connectivity index (χ1) is 13.0. The van der Waals surface area contributed by atoms with Crippen molar-refractivity contribution in [1.82, 2.24) is 15.2 Å². The van der Waals surface area contributed by atoms with Gasteiger partial charge in [0.1, 0.15) is 5.69 Å². The first kappa shape index (κ1) is 17.0. The number of nitrogens with one attached hydrogen (secondary N) is 1. The number of hydrogen-bond acceptors (Lipinski definition) is 2. The number of halogens is 3. The van der Waals surface area contributed by atoms with Crippen molar-refractivity contribution in [3.8, 4) is 33.6 Å². The Bertz CT molecular complexity index is 1040. The third-order valence-corrected chi connectivity index (χ3v) is 4.26. The molecule has 4 rings (SSSR count). The van der Waals surface area contributed by atoms with Crippen LogP contribution < -0.4 is 0 Å². The Labute approximate surface area is 153 Å². The minimum atomic E-state index is -4.37. The molecule has 0 atom stereocenters. The van der Waals surface area contributed by atoms with E-state index in [-0.39, 0.29) is 0 Å². The fourth-order valence-electron chi connectivity index (χ4n) is 2.97. The Morgan fingerprint density at radius 3 is 2.07 bits per heavy atom. The van der Waals surface area contributed by atoms with Crippen LogP contribution in [0.2, 0.25) is 0 Å². The quantitative estimate of drug-likeness (QED) is 0.497. The largest absolute Gasteiger partial charge is 0.416 e. The molecule has 4 aromatic rings. The zero-order chi connectivity index (χ0) is 18.9. The Morgan fingerprint density at radius 2 is 1.44 bits per heavy atom. The van der Waals surface area contributed by atoms with Crippen molar-refractivity contribution < 1.29 is 13.2 Å². The summed E-state index contributed by atoms with van der Waals surface area (Å²) in [5.74, 6) is 0. The van der Waals surface area contributed by atoms with Gasteiger partial charge in [-0.2, -0.15) is 18.3 Å². The van der Waals surface area contributed by atoms with E-state index in [1.165, 1.54) is 12.1 Å². The number of benzene rings is 2. The van der Waals surface area contributed by atoms with E-state index in [1.54, 1.807) is 12.4 Å². The maximum Gasteiger partial charge on any atom is 0.416 e. The molecule has 0 radical (unpaired) electrons. The first-order valence-corrected chi connectivity index (χ1v) is 8.26. The van der Waals surface area contributed by atoms with Gasteiger partial charge in [0.25, 0.3) is 0 Å². The van der Waals surface area contributed by atoms with Gasteiger partial charge in [0.15, 0.2) is 0 Å². The molecular formula is C21H14F3N3. The molecule has 0 aliphatic carbocycles. The number of alkyl halides is 3. The molecular weight excluding hydrogens is 351 g/mol. The fraction of sp³-hybridized carbons (Fsp3) is 0.0476. The van der Waals surface area contributed by atoms with Crippen LogP contribution in [0.3, 0.4) is 0 Å². The van der Waals surface area contributed by atoms with Gasteiger partial charge < -0.3 is 0 Å². The number of hydrogen-bond donors (Lipinski definition) is 1. The second-order valence-corrected chi connectivity index (χ2v) is 6.01. The SMILES string of the molecule is FC(F)(F)c1ccc(-c2[nH]nc(-c3cccnc3)c2-c2ccccc2)cc1. The average Bonchev–Trinajstić information content (AvgIpc) is 3.14. The van der Waals surface area contributed by atoms with E-state index in [0.29, 0.717) is 17.0 Å². The molecule has 2 aromatic heterocycles. The van der Waals surface area contributed by atoms with Crippen LogP contribution in [0.1, 0.15) is 5.56 Å². The Morgan fingerprint density at radius 1 is 0.741 bits per heavy atom. The van der Waals surface area contributed by atoms with Gasteiger partial charge in [-0.3, -0.25) is 10.1 Å². The van der Waals surface area contributed by atoms with E-state index in [0.717, 1.165) is 28.8 Å². The highest BCUT2D eigenvalue weighted by atomic mass is 19.4. The number of aromatic nitrogens is 3. The molecule has 0 bridgehead atoms. The summed E-state index contributed by atoms with van der Waals surface area (Å²) < 4.78 is 38.6. The molecule has 0 aliphatic heterocycles. The van der Waals surface area contributed by atoms with Crippen LogP contribution in [-0.2, 0) is 6.18 Å². The minimum absolute atomic E-state index is 0.629. The van der Waals surface area contributed by atoms with Crippen LogP contribution in [0.5, 0.6) is 0 Å². The average molecular weight is 365 g/mol. The standard InChI is InChI=1S/C21H14F3N3/c22-21(23,24)17-10-8-15(9-11-17)19-18(14-5-2-1-3-6-14)20(27-26-19)16-7-4-12-25-13-16/h1-13H,(H,26,27). The summed E-state index contributed by atoms with van der Waals surface area (Å²) in [7, 11) is 0. The smallest absolute Gasteiger partial charge is 0.277 e. The van der Waals surface area contributed by atoms with Crippen molar-refractivity contribution in [2.45, 2.75) is 6.18 Å². The van der Waals surface area contributed by atoms with Crippen molar-refractivity contribution in [3.05, 3.63) is 84.7 Å². The molecule has 0 saturated carbocycles. The predicted molar refractivity (Wildman–Crippen MR) is 97.7 cm³/mol. The molecule has 0 saturated heterocycles. The van der Waals surface area contributed by atoms with Gasteiger partial charge in [0.2, 0.25) is 0 Å². The van der Waals surface area contributed by atoms with Crippen LogP contribution in [0, 0.1) is 0 Å². The summed E-state index contributed by atoms with van der Waals surface area (Å²) in [4.78, 5) is 4.14. The molecule has 134 valence electrons. The van der Waals surface area contributed by atoms with Gasteiger partial charge in [-0.25, -0.2) is 0 Å². The van der Waals surface area contributed by atoms with Crippen molar-refractivity contribution in [2.75, 3.05) is 0 Å². The monoisotopic (exact) mass is 365 g/mol. The lowest BCUT2D eigenvalue weighted by Crippen LogP contribution is -2.04. The predicted octanol–water partition coefficient (Wildman–Crippen LogP) is 5.82. The summed E-state index contributed by atoms with van der Waals surface area (Å²) in [5.41, 5.74) is 3.87. The molecule has 2 heterocycles. The second kappa shape index (κ2) is 6.72. The number of aromatic amines is 1. The third kappa shape index (κ3) is 3.33. The van der Waals surface area contributed by atoms with Gasteiger partial charge in [0, 0.05) is 29.1 Å². The van der Waals surface area contributed by atoms with E-state index in [9.17, 15) is 13.2 Å². The molecule has 1 N–H and O–H groups in total. The van der Waals surface area contributed by atoms with Crippen molar-refractivity contribution >= 4 is 0 Å². The molecule has 2 aromatic carbocycles. The number of nitrogens with zero attached hydrogens (tertiary/aromatic N) is 2. The van der Waals surface area contributed by atoms with Gasteiger partial charge >= 0.3 is 6.18 Å². The number of rotatable bonds is 3. The Kier molecular flexibility index (Phi) is 4.24. The zero-order valence-corrected chi connectivity index (χ0v) is 14.0. The van der Waals surface area contributed by atoms with Crippen molar-refractivity contribution in [2.24, 2.45) is 0 Å². The third-order valence-electron chi connectivity index (χ3n) is 4.26. The van der Waals surface area contributed by atoms with Gasteiger partial charge in [-0.05, 0) is 29.8 Å². The summed E-state index contributed by atoms with van der Waals surface area (Å²) in [5, 5.41) is 7.41. The molecule has 27 heavy (non-hydrogen) atoms. The zero-order valence-electron chi connectivity index (χ0n) is 14.0. The van der Waals surface area contributed by atoms with E-state index in [2.05, 4.69) is 15.2 Å². The molecule has 0 spiro atoms. The van der Waals surface area contributed by atoms with E-state index in [4.69, 9.17) is 0 Å². The molecule has 0 unspecified atom stereocenters. The molecule has 0 aliphatic rings. The van der Waals surface area contributed by atoms with Crippen LogP contribution in [-0.4, -0.2) is 15.2 Å². The van der Waals surface area contributed by atoms with Crippen molar-refractivity contribution in [3.63, 3.8) is 0 Å². The van der Waals surface area contributed by atoms with Gasteiger partial charge in [-0.15, -0.1) is 0 Å². The van der Waals surface area contributed by atoms with Gasteiger partial charge in [0.05, 0.1) is 11.3 Å². The Balaban J connectivity index is 1.88. The first-order valence-electron chi connectivity index (χ1n) is 8.26. The van der Waals surface area contributed by atoms with Crippen molar-refractivity contribution in [1.29, 1.82) is 0 Å². The molecule has 0 fully saturated rings. The lowest BCUT2D eigenvalue weighted by molar-refractivity contribution is -0.137. The highest BCUT2D eigenvalue weighted by Crippen LogP contribution is 2.39. The lowest BCUT2D eigenvalue weighted by Gasteiger charge is -2.09.